The van der Waals surface area contributed by atoms with Gasteiger partial charge in [-0.2, -0.15) is 0 Å². The third-order valence-electron chi connectivity index (χ3n) is 2.01. The maximum absolute atomic E-state index is 11.3. The third kappa shape index (κ3) is 5.73. The molecule has 0 aromatic rings. The fraction of sp³-hybridized carbons (Fsp3) is 0.818. The number of ether oxygens (including phenoxy) is 1. The molecule has 0 aromatic carbocycles. The predicted molar refractivity (Wildman–Crippen MR) is 54.9 cm³/mol. The molecule has 3 nitrogen and oxygen atoms in total. The number of esters is 1. The first kappa shape index (κ1) is 13.1. The van der Waals surface area contributed by atoms with Crippen molar-refractivity contribution in [1.82, 2.24) is 0 Å². The molecule has 0 radical (unpaired) electrons. The topological polar surface area (TPSA) is 43.4 Å². The van der Waals surface area contributed by atoms with E-state index in [0.29, 0.717) is 19.4 Å². The van der Waals surface area contributed by atoms with Crippen molar-refractivity contribution in [3.8, 4) is 0 Å². The van der Waals surface area contributed by atoms with Crippen LogP contribution in [0, 0.1) is 11.8 Å². The summed E-state index contributed by atoms with van der Waals surface area (Å²) in [5, 5.41) is 0. The van der Waals surface area contributed by atoms with Gasteiger partial charge < -0.3 is 4.74 Å². The van der Waals surface area contributed by atoms with Gasteiger partial charge in [0.05, 0.1) is 6.61 Å². The molecule has 82 valence electrons. The summed E-state index contributed by atoms with van der Waals surface area (Å²) in [5.41, 5.74) is 0. The fourth-order valence-electron chi connectivity index (χ4n) is 1.16. The number of Topliss-reactive ketones (excluding diaryl/α,β-unsaturated/α-hetero) is 1. The van der Waals surface area contributed by atoms with Crippen LogP contribution < -0.4 is 0 Å². The molecule has 1 atom stereocenters. The van der Waals surface area contributed by atoms with E-state index in [4.69, 9.17) is 4.74 Å². The van der Waals surface area contributed by atoms with Crippen LogP contribution in [0.25, 0.3) is 0 Å². The van der Waals surface area contributed by atoms with Crippen LogP contribution >= 0.6 is 0 Å². The van der Waals surface area contributed by atoms with E-state index in [9.17, 15) is 9.59 Å². The first-order valence-electron chi connectivity index (χ1n) is 5.15. The largest absolute Gasteiger partial charge is 0.466 e. The van der Waals surface area contributed by atoms with Crippen LogP contribution in [0.3, 0.4) is 0 Å². The number of rotatable bonds is 6. The molecule has 0 aliphatic carbocycles. The van der Waals surface area contributed by atoms with Gasteiger partial charge in [0, 0.05) is 18.8 Å². The molecule has 0 aliphatic rings. The van der Waals surface area contributed by atoms with E-state index < -0.39 is 0 Å². The van der Waals surface area contributed by atoms with Crippen molar-refractivity contribution in [2.24, 2.45) is 11.8 Å². The Balaban J connectivity index is 3.80. The standard InChI is InChI=1S/C11H20O3/c1-5-14-11(13)7-9(4)6-10(12)8(2)3/h8-9H,5-7H2,1-4H3. The summed E-state index contributed by atoms with van der Waals surface area (Å²) >= 11 is 0. The van der Waals surface area contributed by atoms with Crippen molar-refractivity contribution in [3.63, 3.8) is 0 Å². The lowest BCUT2D eigenvalue weighted by Gasteiger charge is -2.11. The lowest BCUT2D eigenvalue weighted by atomic mass is 9.96. The molecule has 0 aliphatic heterocycles. The van der Waals surface area contributed by atoms with Gasteiger partial charge in [-0.15, -0.1) is 0 Å². The van der Waals surface area contributed by atoms with Gasteiger partial charge in [0.2, 0.25) is 0 Å². The maximum atomic E-state index is 11.3. The molecule has 14 heavy (non-hydrogen) atoms. The van der Waals surface area contributed by atoms with Crippen LogP contribution in [0.15, 0.2) is 0 Å². The van der Waals surface area contributed by atoms with Gasteiger partial charge in [0.1, 0.15) is 5.78 Å². The van der Waals surface area contributed by atoms with Gasteiger partial charge in [-0.05, 0) is 12.8 Å². The minimum absolute atomic E-state index is 0.0552. The van der Waals surface area contributed by atoms with E-state index in [1.54, 1.807) is 6.92 Å². The summed E-state index contributed by atoms with van der Waals surface area (Å²) < 4.78 is 4.80. The number of carbonyl (C=O) groups is 2. The molecule has 1 unspecified atom stereocenters. The van der Waals surface area contributed by atoms with Gasteiger partial charge >= 0.3 is 5.97 Å². The zero-order chi connectivity index (χ0) is 11.1. The molecule has 0 bridgehead atoms. The Hall–Kier alpha value is -0.860. The van der Waals surface area contributed by atoms with Crippen molar-refractivity contribution in [2.75, 3.05) is 6.61 Å². The lowest BCUT2D eigenvalue weighted by Crippen LogP contribution is -2.15. The number of hydrogen-bond acceptors (Lipinski definition) is 3. The first-order chi connectivity index (χ1) is 6.47. The molecule has 0 spiro atoms. The van der Waals surface area contributed by atoms with Crippen molar-refractivity contribution >= 4 is 11.8 Å². The van der Waals surface area contributed by atoms with Gasteiger partial charge in [0.25, 0.3) is 0 Å². The van der Waals surface area contributed by atoms with Crippen LogP contribution in [0.1, 0.15) is 40.5 Å². The van der Waals surface area contributed by atoms with Crippen LogP contribution in [0.5, 0.6) is 0 Å². The molecule has 3 heteroatoms. The normalized spacial score (nSPS) is 12.6. The van der Waals surface area contributed by atoms with Gasteiger partial charge in [-0.3, -0.25) is 9.59 Å². The first-order valence-corrected chi connectivity index (χ1v) is 5.15. The van der Waals surface area contributed by atoms with Crippen LogP contribution in [-0.2, 0) is 14.3 Å². The molecule has 0 fully saturated rings. The number of hydrogen-bond donors (Lipinski definition) is 0. The van der Waals surface area contributed by atoms with Crippen molar-refractivity contribution in [1.29, 1.82) is 0 Å². The predicted octanol–water partition coefficient (Wildman–Crippen LogP) is 2.19. The molecule has 0 rings (SSSR count). The highest BCUT2D eigenvalue weighted by Crippen LogP contribution is 2.12. The van der Waals surface area contributed by atoms with Crippen molar-refractivity contribution in [3.05, 3.63) is 0 Å². The second kappa shape index (κ2) is 6.57. The second-order valence-corrected chi connectivity index (χ2v) is 3.94. The Bertz CT molecular complexity index is 197. The minimum atomic E-state index is -0.212. The molecule has 0 amide bonds. The highest BCUT2D eigenvalue weighted by Gasteiger charge is 2.15. The van der Waals surface area contributed by atoms with E-state index in [1.165, 1.54) is 0 Å². The fourth-order valence-corrected chi connectivity index (χ4v) is 1.16. The zero-order valence-electron chi connectivity index (χ0n) is 9.50. The highest BCUT2D eigenvalue weighted by atomic mass is 16.5. The molecular formula is C11H20O3. The lowest BCUT2D eigenvalue weighted by molar-refractivity contribution is -0.144. The Labute approximate surface area is 85.8 Å². The molecule has 0 saturated heterocycles. The van der Waals surface area contributed by atoms with E-state index in [1.807, 2.05) is 20.8 Å². The monoisotopic (exact) mass is 200 g/mol. The van der Waals surface area contributed by atoms with Gasteiger partial charge in [-0.1, -0.05) is 20.8 Å². The Morgan fingerprint density at radius 1 is 1.14 bits per heavy atom. The average molecular weight is 200 g/mol. The molecule has 0 N–H and O–H groups in total. The van der Waals surface area contributed by atoms with Crippen LogP contribution in [0.4, 0.5) is 0 Å². The summed E-state index contributed by atoms with van der Waals surface area (Å²) in [5.74, 6) is 0.141. The Morgan fingerprint density at radius 3 is 2.14 bits per heavy atom. The molecule has 0 aromatic heterocycles. The van der Waals surface area contributed by atoms with E-state index in [0.717, 1.165) is 0 Å². The van der Waals surface area contributed by atoms with Gasteiger partial charge in [-0.25, -0.2) is 0 Å². The second-order valence-electron chi connectivity index (χ2n) is 3.94. The SMILES string of the molecule is CCOC(=O)CC(C)CC(=O)C(C)C. The summed E-state index contributed by atoms with van der Waals surface area (Å²) in [6.07, 6.45) is 0.808. The van der Waals surface area contributed by atoms with Crippen molar-refractivity contribution < 1.29 is 14.3 Å². The summed E-state index contributed by atoms with van der Waals surface area (Å²) in [6, 6.07) is 0. The summed E-state index contributed by atoms with van der Waals surface area (Å²) in [7, 11) is 0. The number of carbonyl (C=O) groups excluding carboxylic acids is 2. The van der Waals surface area contributed by atoms with E-state index >= 15 is 0 Å². The Kier molecular flexibility index (Phi) is 6.17. The van der Waals surface area contributed by atoms with Crippen molar-refractivity contribution in [2.45, 2.75) is 40.5 Å². The average Bonchev–Trinajstić information content (AvgIpc) is 2.03. The number of ketones is 1. The smallest absolute Gasteiger partial charge is 0.306 e. The molecular weight excluding hydrogens is 180 g/mol. The third-order valence-corrected chi connectivity index (χ3v) is 2.01. The Morgan fingerprint density at radius 2 is 1.71 bits per heavy atom. The maximum Gasteiger partial charge on any atom is 0.306 e. The van der Waals surface area contributed by atoms with Crippen LogP contribution in [-0.4, -0.2) is 18.4 Å². The summed E-state index contributed by atoms with van der Waals surface area (Å²) in [4.78, 5) is 22.4. The minimum Gasteiger partial charge on any atom is -0.466 e. The van der Waals surface area contributed by atoms with Gasteiger partial charge in [0.15, 0.2) is 0 Å². The molecule has 0 heterocycles. The summed E-state index contributed by atoms with van der Waals surface area (Å²) in [6.45, 7) is 7.83. The quantitative estimate of drug-likeness (QED) is 0.617. The van der Waals surface area contributed by atoms with E-state index in [-0.39, 0.29) is 23.6 Å². The van der Waals surface area contributed by atoms with Crippen LogP contribution in [0.2, 0.25) is 0 Å². The van der Waals surface area contributed by atoms with E-state index in [2.05, 4.69) is 0 Å². The zero-order valence-corrected chi connectivity index (χ0v) is 9.50. The highest BCUT2D eigenvalue weighted by molar-refractivity contribution is 5.81. The molecule has 0 saturated carbocycles.